The number of nitrogen functional groups attached to an aromatic ring is 1. The number of rotatable bonds is 3. The van der Waals surface area contributed by atoms with Crippen molar-refractivity contribution in [2.75, 3.05) is 12.0 Å². The zero-order valence-corrected chi connectivity index (χ0v) is 10.1. The quantitative estimate of drug-likeness (QED) is 0.859. The van der Waals surface area contributed by atoms with E-state index in [1.54, 1.807) is 0 Å². The Morgan fingerprint density at radius 2 is 2.31 bits per heavy atom. The maximum atomic E-state index is 11.2. The molecule has 2 N–H and O–H groups in total. The Morgan fingerprint density at radius 1 is 1.56 bits per heavy atom. The van der Waals surface area contributed by atoms with Gasteiger partial charge < -0.3 is 5.73 Å². The first-order valence-corrected chi connectivity index (χ1v) is 7.14. The number of nitrogens with two attached hydrogens (primary N) is 1. The molecule has 0 bridgehead atoms. The Labute approximate surface area is 96.7 Å². The molecule has 2 heterocycles. The molecule has 0 atom stereocenters. The Morgan fingerprint density at radius 3 is 2.81 bits per heavy atom. The summed E-state index contributed by atoms with van der Waals surface area (Å²) in [7, 11) is -3.19. The zero-order valence-electron chi connectivity index (χ0n) is 8.49. The van der Waals surface area contributed by atoms with Crippen LogP contribution in [-0.2, 0) is 16.4 Å². The molecule has 0 saturated heterocycles. The summed E-state index contributed by atoms with van der Waals surface area (Å²) < 4.78 is 24.0. The predicted molar refractivity (Wildman–Crippen MR) is 61.0 cm³/mol. The van der Waals surface area contributed by atoms with Crippen LogP contribution in [0.2, 0.25) is 0 Å². The molecule has 0 amide bonds. The SMILES string of the molecule is CS(=O)(=O)c1cnn(Cc2csc(N)n2)c1. The Bertz CT molecular complexity index is 599. The van der Waals surface area contributed by atoms with Crippen LogP contribution in [0, 0.1) is 0 Å². The minimum absolute atomic E-state index is 0.204. The van der Waals surface area contributed by atoms with E-state index in [1.165, 1.54) is 28.4 Å². The second-order valence-corrected chi connectivity index (χ2v) is 6.23. The van der Waals surface area contributed by atoms with Gasteiger partial charge in [0, 0.05) is 17.8 Å². The van der Waals surface area contributed by atoms with Crippen molar-refractivity contribution in [3.8, 4) is 0 Å². The Hall–Kier alpha value is -1.41. The molecule has 6 nitrogen and oxygen atoms in total. The highest BCUT2D eigenvalue weighted by Gasteiger charge is 2.10. The number of thiazole rings is 1. The molecule has 86 valence electrons. The van der Waals surface area contributed by atoms with Gasteiger partial charge in [0.15, 0.2) is 15.0 Å². The Kier molecular flexibility index (Phi) is 2.68. The van der Waals surface area contributed by atoms with E-state index >= 15 is 0 Å². The van der Waals surface area contributed by atoms with Crippen LogP contribution >= 0.6 is 11.3 Å². The monoisotopic (exact) mass is 258 g/mol. The molecule has 2 aromatic heterocycles. The third-order valence-electron chi connectivity index (χ3n) is 1.93. The van der Waals surface area contributed by atoms with Crippen molar-refractivity contribution >= 4 is 26.3 Å². The summed E-state index contributed by atoms with van der Waals surface area (Å²) in [5.74, 6) is 0. The predicted octanol–water partition coefficient (Wildman–Crippen LogP) is 0.374. The third kappa shape index (κ3) is 2.39. The third-order valence-corrected chi connectivity index (χ3v) is 3.72. The van der Waals surface area contributed by atoms with E-state index < -0.39 is 9.84 Å². The van der Waals surface area contributed by atoms with Gasteiger partial charge in [0.2, 0.25) is 0 Å². The minimum Gasteiger partial charge on any atom is -0.375 e. The number of sulfone groups is 1. The van der Waals surface area contributed by atoms with Gasteiger partial charge in [-0.2, -0.15) is 5.10 Å². The zero-order chi connectivity index (χ0) is 11.8. The first-order valence-electron chi connectivity index (χ1n) is 4.37. The van der Waals surface area contributed by atoms with E-state index in [4.69, 9.17) is 5.73 Å². The standard InChI is InChI=1S/C8H10N4O2S2/c1-16(13,14)7-2-10-12(4-7)3-6-5-15-8(9)11-6/h2,4-5H,3H2,1H3,(H2,9,11). The van der Waals surface area contributed by atoms with Crippen molar-refractivity contribution < 1.29 is 8.42 Å². The maximum Gasteiger partial charge on any atom is 0.180 e. The summed E-state index contributed by atoms with van der Waals surface area (Å²) in [4.78, 5) is 4.27. The van der Waals surface area contributed by atoms with Gasteiger partial charge in [0.1, 0.15) is 4.90 Å². The van der Waals surface area contributed by atoms with Gasteiger partial charge in [-0.05, 0) is 0 Å². The van der Waals surface area contributed by atoms with Crippen LogP contribution in [0.25, 0.3) is 0 Å². The molecule has 8 heteroatoms. The number of hydrogen-bond acceptors (Lipinski definition) is 6. The van der Waals surface area contributed by atoms with E-state index in [9.17, 15) is 8.42 Å². The molecule has 0 radical (unpaired) electrons. The lowest BCUT2D eigenvalue weighted by atomic mass is 10.5. The van der Waals surface area contributed by atoms with Gasteiger partial charge in [0.05, 0.1) is 18.4 Å². The smallest absolute Gasteiger partial charge is 0.180 e. The van der Waals surface area contributed by atoms with E-state index in [0.717, 1.165) is 11.9 Å². The number of aromatic nitrogens is 3. The molecule has 0 aliphatic rings. The number of nitrogens with zero attached hydrogens (tertiary/aromatic N) is 3. The van der Waals surface area contributed by atoms with Crippen LogP contribution in [0.1, 0.15) is 5.69 Å². The summed E-state index contributed by atoms with van der Waals surface area (Å²) in [6, 6.07) is 0. The van der Waals surface area contributed by atoms with Crippen LogP contribution in [0.5, 0.6) is 0 Å². The van der Waals surface area contributed by atoms with Gasteiger partial charge in [-0.25, -0.2) is 13.4 Å². The first kappa shape index (κ1) is 11.1. The highest BCUT2D eigenvalue weighted by molar-refractivity contribution is 7.90. The second kappa shape index (κ2) is 3.87. The lowest BCUT2D eigenvalue weighted by molar-refractivity contribution is 0.601. The average Bonchev–Trinajstić information content (AvgIpc) is 2.74. The molecule has 2 rings (SSSR count). The summed E-state index contributed by atoms with van der Waals surface area (Å²) in [6.45, 7) is 0.420. The van der Waals surface area contributed by atoms with Gasteiger partial charge in [0.25, 0.3) is 0 Å². The fraction of sp³-hybridized carbons (Fsp3) is 0.250. The highest BCUT2D eigenvalue weighted by atomic mass is 32.2. The topological polar surface area (TPSA) is 90.9 Å². The maximum absolute atomic E-state index is 11.2. The van der Waals surface area contributed by atoms with Crippen LogP contribution in [0.3, 0.4) is 0 Å². The van der Waals surface area contributed by atoms with Gasteiger partial charge >= 0.3 is 0 Å². The normalized spacial score (nSPS) is 11.8. The molecule has 0 aliphatic carbocycles. The van der Waals surface area contributed by atoms with Crippen molar-refractivity contribution in [3.05, 3.63) is 23.5 Å². The summed E-state index contributed by atoms with van der Waals surface area (Å²) in [5, 5.41) is 6.26. The second-order valence-electron chi connectivity index (χ2n) is 3.32. The van der Waals surface area contributed by atoms with Crippen LogP contribution in [0.15, 0.2) is 22.7 Å². The van der Waals surface area contributed by atoms with Gasteiger partial charge in [-0.15, -0.1) is 11.3 Å². The molecular weight excluding hydrogens is 248 g/mol. The van der Waals surface area contributed by atoms with Crippen molar-refractivity contribution in [2.45, 2.75) is 11.4 Å². The van der Waals surface area contributed by atoms with E-state index in [1.807, 2.05) is 5.38 Å². The summed E-state index contributed by atoms with van der Waals surface area (Å²) in [6.07, 6.45) is 3.95. The minimum atomic E-state index is -3.19. The van der Waals surface area contributed by atoms with Crippen LogP contribution in [-0.4, -0.2) is 29.4 Å². The Balaban J connectivity index is 2.21. The summed E-state index contributed by atoms with van der Waals surface area (Å²) >= 11 is 1.34. The van der Waals surface area contributed by atoms with Crippen LogP contribution in [0.4, 0.5) is 5.13 Å². The summed E-state index contributed by atoms with van der Waals surface area (Å²) in [5.41, 5.74) is 6.26. The lowest BCUT2D eigenvalue weighted by Crippen LogP contribution is -2.01. The van der Waals surface area contributed by atoms with Crippen molar-refractivity contribution in [1.29, 1.82) is 0 Å². The largest absolute Gasteiger partial charge is 0.375 e. The molecule has 0 aromatic carbocycles. The molecule has 16 heavy (non-hydrogen) atoms. The molecule has 0 saturated carbocycles. The average molecular weight is 258 g/mol. The molecule has 0 fully saturated rings. The fourth-order valence-electron chi connectivity index (χ4n) is 1.18. The molecular formula is C8H10N4O2S2. The lowest BCUT2D eigenvalue weighted by Gasteiger charge is -1.96. The van der Waals surface area contributed by atoms with E-state index in [-0.39, 0.29) is 4.90 Å². The molecule has 0 aliphatic heterocycles. The van der Waals surface area contributed by atoms with Crippen molar-refractivity contribution in [3.63, 3.8) is 0 Å². The van der Waals surface area contributed by atoms with Crippen molar-refractivity contribution in [2.24, 2.45) is 0 Å². The molecule has 0 spiro atoms. The number of anilines is 1. The fourth-order valence-corrected chi connectivity index (χ4v) is 2.29. The molecule has 2 aromatic rings. The first-order chi connectivity index (χ1) is 7.45. The number of hydrogen-bond donors (Lipinski definition) is 1. The highest BCUT2D eigenvalue weighted by Crippen LogP contribution is 2.13. The van der Waals surface area contributed by atoms with E-state index in [0.29, 0.717) is 11.7 Å². The molecule has 0 unspecified atom stereocenters. The van der Waals surface area contributed by atoms with Crippen LogP contribution < -0.4 is 5.73 Å². The van der Waals surface area contributed by atoms with Gasteiger partial charge in [-0.1, -0.05) is 0 Å². The van der Waals surface area contributed by atoms with Gasteiger partial charge in [-0.3, -0.25) is 4.68 Å². The van der Waals surface area contributed by atoms with Crippen molar-refractivity contribution in [1.82, 2.24) is 14.8 Å². The van der Waals surface area contributed by atoms with E-state index in [2.05, 4.69) is 10.1 Å².